The Morgan fingerprint density at radius 1 is 1.14 bits per heavy atom. The number of fused-ring (bicyclic) bond motifs is 1. The largest absolute Gasteiger partial charge is 0.478 e. The average Bonchev–Trinajstić information content (AvgIpc) is 2.69. The number of nitrogens with one attached hydrogen (secondary N) is 2. The molecule has 1 aliphatic carbocycles. The summed E-state index contributed by atoms with van der Waals surface area (Å²) in [6.07, 6.45) is 1.60. The highest BCUT2D eigenvalue weighted by atomic mass is 16.5. The quantitative estimate of drug-likeness (QED) is 0.794. The molecule has 2 N–H and O–H groups in total. The predicted molar refractivity (Wildman–Crippen MR) is 108 cm³/mol. The maximum Gasteiger partial charge on any atom is 0.265 e. The van der Waals surface area contributed by atoms with Crippen molar-refractivity contribution in [2.45, 2.75) is 57.7 Å². The third-order valence-electron chi connectivity index (χ3n) is 5.71. The Hall–Kier alpha value is -2.66. The summed E-state index contributed by atoms with van der Waals surface area (Å²) in [6.45, 7) is 4.82. The zero-order valence-electron chi connectivity index (χ0n) is 16.3. The zero-order valence-corrected chi connectivity index (χ0v) is 16.3. The van der Waals surface area contributed by atoms with Crippen LogP contribution in [0.5, 0.6) is 5.75 Å². The van der Waals surface area contributed by atoms with Crippen molar-refractivity contribution in [3.63, 3.8) is 0 Å². The number of Topliss-reactive ketones (excluding diaryl/α,β-unsaturated/α-hetero) is 1. The number of rotatable bonds is 6. The summed E-state index contributed by atoms with van der Waals surface area (Å²) in [5, 5.41) is 6.45. The van der Waals surface area contributed by atoms with Crippen molar-refractivity contribution in [2.24, 2.45) is 0 Å². The van der Waals surface area contributed by atoms with Gasteiger partial charge in [-0.05, 0) is 48.1 Å². The minimum Gasteiger partial charge on any atom is -0.478 e. The lowest BCUT2D eigenvalue weighted by Crippen LogP contribution is -2.36. The van der Waals surface area contributed by atoms with Crippen LogP contribution in [0.4, 0.5) is 5.69 Å². The van der Waals surface area contributed by atoms with Crippen LogP contribution in [0, 0.1) is 0 Å². The summed E-state index contributed by atoms with van der Waals surface area (Å²) in [5.74, 6) is 1.43. The van der Waals surface area contributed by atoms with Gasteiger partial charge in [-0.2, -0.15) is 0 Å². The molecular weight excluding hydrogens is 352 g/mol. The molecule has 0 radical (unpaired) electrons. The number of hydrogen-bond donors (Lipinski definition) is 2. The van der Waals surface area contributed by atoms with Gasteiger partial charge in [0.15, 0.2) is 6.10 Å². The van der Waals surface area contributed by atoms with E-state index >= 15 is 0 Å². The fourth-order valence-electron chi connectivity index (χ4n) is 3.72. The summed E-state index contributed by atoms with van der Waals surface area (Å²) >= 11 is 0. The summed E-state index contributed by atoms with van der Waals surface area (Å²) < 4.78 is 5.84. The van der Waals surface area contributed by atoms with Crippen molar-refractivity contribution in [2.75, 3.05) is 5.32 Å². The summed E-state index contributed by atoms with van der Waals surface area (Å²) in [6, 6.07) is 14.6. The van der Waals surface area contributed by atoms with E-state index in [2.05, 4.69) is 41.8 Å². The molecular formula is C23H26N2O3. The summed E-state index contributed by atoms with van der Waals surface area (Å²) in [5.41, 5.74) is 4.33. The van der Waals surface area contributed by atoms with E-state index in [0.29, 0.717) is 31.0 Å². The van der Waals surface area contributed by atoms with E-state index < -0.39 is 6.10 Å². The van der Waals surface area contributed by atoms with Crippen molar-refractivity contribution in [1.29, 1.82) is 0 Å². The molecule has 1 aliphatic heterocycles. The van der Waals surface area contributed by atoms with Crippen LogP contribution in [0.15, 0.2) is 42.5 Å². The highest BCUT2D eigenvalue weighted by Gasteiger charge is 2.28. The first-order valence-corrected chi connectivity index (χ1v) is 9.99. The molecule has 0 bridgehead atoms. The number of hydrogen-bond acceptors (Lipinski definition) is 4. The van der Waals surface area contributed by atoms with Crippen LogP contribution in [-0.4, -0.2) is 17.8 Å². The Labute approximate surface area is 165 Å². The molecule has 2 atom stereocenters. The van der Waals surface area contributed by atoms with Gasteiger partial charge in [-0.25, -0.2) is 0 Å². The van der Waals surface area contributed by atoms with Crippen LogP contribution < -0.4 is 15.4 Å². The Balaban J connectivity index is 1.37. The molecule has 1 saturated carbocycles. The first kappa shape index (κ1) is 18.7. The van der Waals surface area contributed by atoms with E-state index in [9.17, 15) is 9.59 Å². The van der Waals surface area contributed by atoms with Crippen molar-refractivity contribution in [3.05, 3.63) is 59.2 Å². The molecule has 0 aromatic heterocycles. The molecule has 1 fully saturated rings. The first-order valence-electron chi connectivity index (χ1n) is 9.99. The topological polar surface area (TPSA) is 67.4 Å². The van der Waals surface area contributed by atoms with Crippen LogP contribution in [0.2, 0.25) is 0 Å². The second kappa shape index (κ2) is 7.76. The number of carbonyl (C=O) groups excluding carboxylic acids is 2. The Kier molecular flexibility index (Phi) is 5.18. The molecule has 0 saturated heterocycles. The van der Waals surface area contributed by atoms with Gasteiger partial charge in [0, 0.05) is 25.4 Å². The molecule has 2 unspecified atom stereocenters. The minimum atomic E-state index is -0.421. The van der Waals surface area contributed by atoms with E-state index in [4.69, 9.17) is 4.74 Å². The maximum absolute atomic E-state index is 11.9. The molecule has 146 valence electrons. The molecule has 5 heteroatoms. The molecule has 2 aliphatic rings. The van der Waals surface area contributed by atoms with Gasteiger partial charge in [-0.1, -0.05) is 37.3 Å². The van der Waals surface area contributed by atoms with Gasteiger partial charge in [-0.3, -0.25) is 9.59 Å². The molecule has 2 aromatic rings. The highest BCUT2D eigenvalue weighted by molar-refractivity contribution is 5.97. The lowest BCUT2D eigenvalue weighted by Gasteiger charge is -2.26. The highest BCUT2D eigenvalue weighted by Crippen LogP contribution is 2.34. The average molecular weight is 378 g/mol. The maximum atomic E-state index is 11.9. The molecule has 1 heterocycles. The summed E-state index contributed by atoms with van der Waals surface area (Å²) in [7, 11) is 0. The fraction of sp³-hybridized carbons (Fsp3) is 0.391. The second-order valence-corrected chi connectivity index (χ2v) is 7.75. The number of carbonyl (C=O) groups is 2. The van der Waals surface area contributed by atoms with Gasteiger partial charge < -0.3 is 15.4 Å². The van der Waals surface area contributed by atoms with Gasteiger partial charge in [0.2, 0.25) is 0 Å². The van der Waals surface area contributed by atoms with Crippen LogP contribution in [0.25, 0.3) is 0 Å². The van der Waals surface area contributed by atoms with Gasteiger partial charge in [0.05, 0.1) is 5.69 Å². The Morgan fingerprint density at radius 3 is 2.57 bits per heavy atom. The predicted octanol–water partition coefficient (Wildman–Crippen LogP) is 4.09. The van der Waals surface area contributed by atoms with E-state index in [0.717, 1.165) is 23.5 Å². The standard InChI is InChI=1S/C23H26N2O3/c1-3-21-23(27)25-20-9-8-17(12-22(20)28-21)14(2)24-13-15-4-6-16(7-5-15)18-10-19(26)11-18/h4-9,12,14,18,21,24H,3,10-11,13H2,1-2H3,(H,25,27). The second-order valence-electron chi connectivity index (χ2n) is 7.75. The van der Waals surface area contributed by atoms with E-state index in [1.54, 1.807) is 0 Å². The number of amides is 1. The smallest absolute Gasteiger partial charge is 0.265 e. The number of ketones is 1. The number of anilines is 1. The van der Waals surface area contributed by atoms with Crippen molar-refractivity contribution >= 4 is 17.4 Å². The summed E-state index contributed by atoms with van der Waals surface area (Å²) in [4.78, 5) is 23.1. The fourth-order valence-corrected chi connectivity index (χ4v) is 3.72. The third-order valence-corrected chi connectivity index (χ3v) is 5.71. The normalized spacial score (nSPS) is 20.0. The first-order chi connectivity index (χ1) is 13.5. The molecule has 4 rings (SSSR count). The minimum absolute atomic E-state index is 0.0800. The van der Waals surface area contributed by atoms with Crippen molar-refractivity contribution in [3.8, 4) is 5.75 Å². The lowest BCUT2D eigenvalue weighted by atomic mass is 9.79. The van der Waals surface area contributed by atoms with Crippen LogP contribution in [-0.2, 0) is 16.1 Å². The molecule has 0 spiro atoms. The van der Waals surface area contributed by atoms with Crippen LogP contribution >= 0.6 is 0 Å². The van der Waals surface area contributed by atoms with Gasteiger partial charge in [0.25, 0.3) is 5.91 Å². The Morgan fingerprint density at radius 2 is 1.89 bits per heavy atom. The van der Waals surface area contributed by atoms with Crippen molar-refractivity contribution < 1.29 is 14.3 Å². The van der Waals surface area contributed by atoms with E-state index in [-0.39, 0.29) is 11.9 Å². The van der Waals surface area contributed by atoms with E-state index in [1.165, 1.54) is 11.1 Å². The Bertz CT molecular complexity index is 883. The molecule has 2 aromatic carbocycles. The van der Waals surface area contributed by atoms with Crippen molar-refractivity contribution in [1.82, 2.24) is 5.32 Å². The molecule has 5 nitrogen and oxygen atoms in total. The van der Waals surface area contributed by atoms with Gasteiger partial charge >= 0.3 is 0 Å². The van der Waals surface area contributed by atoms with Gasteiger partial charge in [-0.15, -0.1) is 0 Å². The monoisotopic (exact) mass is 378 g/mol. The lowest BCUT2D eigenvalue weighted by molar-refractivity contribution is -0.125. The SMILES string of the molecule is CCC1Oc2cc(C(C)NCc3ccc(C4CC(=O)C4)cc3)ccc2NC1=O. The number of benzene rings is 2. The zero-order chi connectivity index (χ0) is 19.7. The van der Waals surface area contributed by atoms with Crippen LogP contribution in [0.3, 0.4) is 0 Å². The van der Waals surface area contributed by atoms with Gasteiger partial charge in [0.1, 0.15) is 11.5 Å². The molecule has 28 heavy (non-hydrogen) atoms. The van der Waals surface area contributed by atoms with Crippen LogP contribution in [0.1, 0.15) is 61.8 Å². The number of ether oxygens (including phenoxy) is 1. The third kappa shape index (κ3) is 3.80. The van der Waals surface area contributed by atoms with E-state index in [1.807, 2.05) is 25.1 Å². The molecule has 1 amide bonds.